The van der Waals surface area contributed by atoms with Crippen LogP contribution in [-0.4, -0.2) is 34.6 Å². The minimum atomic E-state index is -0.505. The van der Waals surface area contributed by atoms with Gasteiger partial charge in [-0.3, -0.25) is 4.79 Å². The predicted molar refractivity (Wildman–Crippen MR) is 73.6 cm³/mol. The lowest BCUT2D eigenvalue weighted by atomic mass is 9.90. The molecule has 1 N–H and O–H groups in total. The van der Waals surface area contributed by atoms with Crippen molar-refractivity contribution in [3.63, 3.8) is 0 Å². The van der Waals surface area contributed by atoms with Crippen LogP contribution in [-0.2, 0) is 11.2 Å². The van der Waals surface area contributed by atoms with Crippen molar-refractivity contribution < 1.29 is 14.3 Å². The molecule has 108 valence electrons. The number of benzene rings is 1. The first-order chi connectivity index (χ1) is 9.57. The standard InChI is InChI=1S/C16H20FNO2/c17-14-5-3-12(4-6-14)10-15(19)18-9-1-2-13(11-18)16(20)7-8-16/h3-6,13,20H,1-2,7-11H2. The van der Waals surface area contributed by atoms with E-state index in [0.717, 1.165) is 37.8 Å². The Kier molecular flexibility index (Phi) is 3.50. The molecule has 1 aromatic rings. The third kappa shape index (κ3) is 2.85. The first-order valence-electron chi connectivity index (χ1n) is 7.31. The molecule has 1 saturated carbocycles. The van der Waals surface area contributed by atoms with E-state index in [1.807, 2.05) is 4.90 Å². The minimum absolute atomic E-state index is 0.0746. The van der Waals surface area contributed by atoms with Gasteiger partial charge in [-0.25, -0.2) is 4.39 Å². The van der Waals surface area contributed by atoms with E-state index in [1.54, 1.807) is 12.1 Å². The van der Waals surface area contributed by atoms with Gasteiger partial charge in [-0.05, 0) is 43.4 Å². The van der Waals surface area contributed by atoms with Crippen molar-refractivity contribution >= 4 is 5.91 Å². The summed E-state index contributed by atoms with van der Waals surface area (Å²) in [7, 11) is 0. The van der Waals surface area contributed by atoms with Gasteiger partial charge in [0, 0.05) is 19.0 Å². The molecule has 2 aliphatic rings. The lowest BCUT2D eigenvalue weighted by Crippen LogP contribution is -2.44. The van der Waals surface area contributed by atoms with Crippen molar-refractivity contribution in [1.29, 1.82) is 0 Å². The molecule has 0 spiro atoms. The van der Waals surface area contributed by atoms with Gasteiger partial charge in [0.1, 0.15) is 5.82 Å². The average Bonchev–Trinajstić information content (AvgIpc) is 3.21. The maximum Gasteiger partial charge on any atom is 0.227 e. The molecule has 1 atom stereocenters. The molecule has 1 saturated heterocycles. The fourth-order valence-electron chi connectivity index (χ4n) is 3.07. The van der Waals surface area contributed by atoms with Crippen LogP contribution in [0.1, 0.15) is 31.2 Å². The summed E-state index contributed by atoms with van der Waals surface area (Å²) in [6.07, 6.45) is 4.03. The van der Waals surface area contributed by atoms with Crippen LogP contribution in [0.3, 0.4) is 0 Å². The van der Waals surface area contributed by atoms with Crippen LogP contribution in [0, 0.1) is 11.7 Å². The summed E-state index contributed by atoms with van der Waals surface area (Å²) in [4.78, 5) is 14.2. The Morgan fingerprint density at radius 2 is 2.05 bits per heavy atom. The second-order valence-corrected chi connectivity index (χ2v) is 6.09. The van der Waals surface area contributed by atoms with Gasteiger partial charge in [-0.15, -0.1) is 0 Å². The highest BCUT2D eigenvalue weighted by Gasteiger charge is 2.48. The largest absolute Gasteiger partial charge is 0.390 e. The second-order valence-electron chi connectivity index (χ2n) is 6.09. The summed E-state index contributed by atoms with van der Waals surface area (Å²) in [5.41, 5.74) is 0.332. The van der Waals surface area contributed by atoms with Gasteiger partial charge in [0.2, 0.25) is 5.91 Å². The minimum Gasteiger partial charge on any atom is -0.390 e. The highest BCUT2D eigenvalue weighted by atomic mass is 19.1. The predicted octanol–water partition coefficient (Wildman–Crippen LogP) is 2.13. The van der Waals surface area contributed by atoms with E-state index in [1.165, 1.54) is 12.1 Å². The van der Waals surface area contributed by atoms with E-state index in [9.17, 15) is 14.3 Å². The van der Waals surface area contributed by atoms with Crippen molar-refractivity contribution in [3.05, 3.63) is 35.6 Å². The number of rotatable bonds is 3. The number of nitrogens with zero attached hydrogens (tertiary/aromatic N) is 1. The summed E-state index contributed by atoms with van der Waals surface area (Å²) < 4.78 is 12.8. The molecule has 1 unspecified atom stereocenters. The Morgan fingerprint density at radius 1 is 1.35 bits per heavy atom. The Labute approximate surface area is 118 Å². The van der Waals surface area contributed by atoms with Crippen molar-refractivity contribution in [2.24, 2.45) is 5.92 Å². The van der Waals surface area contributed by atoms with E-state index in [-0.39, 0.29) is 17.6 Å². The zero-order chi connectivity index (χ0) is 14.2. The molecular weight excluding hydrogens is 257 g/mol. The van der Waals surface area contributed by atoms with Crippen molar-refractivity contribution in [1.82, 2.24) is 4.90 Å². The fourth-order valence-corrected chi connectivity index (χ4v) is 3.07. The van der Waals surface area contributed by atoms with Crippen molar-refractivity contribution in [3.8, 4) is 0 Å². The molecule has 1 amide bonds. The molecule has 3 rings (SSSR count). The van der Waals surface area contributed by atoms with Gasteiger partial charge in [0.05, 0.1) is 12.0 Å². The summed E-state index contributed by atoms with van der Waals surface area (Å²) in [6.45, 7) is 1.43. The molecule has 1 aromatic carbocycles. The van der Waals surface area contributed by atoms with Crippen LogP contribution in [0.4, 0.5) is 4.39 Å². The van der Waals surface area contributed by atoms with Gasteiger partial charge < -0.3 is 10.0 Å². The molecule has 2 fully saturated rings. The van der Waals surface area contributed by atoms with Gasteiger partial charge in [0.15, 0.2) is 0 Å². The van der Waals surface area contributed by atoms with E-state index in [0.29, 0.717) is 13.0 Å². The second kappa shape index (κ2) is 5.17. The quantitative estimate of drug-likeness (QED) is 0.919. The monoisotopic (exact) mass is 277 g/mol. The number of likely N-dealkylation sites (tertiary alicyclic amines) is 1. The molecule has 4 heteroatoms. The maximum absolute atomic E-state index is 12.8. The fraction of sp³-hybridized carbons (Fsp3) is 0.562. The van der Waals surface area contributed by atoms with Crippen LogP contribution >= 0.6 is 0 Å². The first kappa shape index (κ1) is 13.6. The molecule has 3 nitrogen and oxygen atoms in total. The van der Waals surface area contributed by atoms with Crippen LogP contribution in [0.25, 0.3) is 0 Å². The number of halogens is 1. The SMILES string of the molecule is O=C(Cc1ccc(F)cc1)N1CCCC(C2(O)CC2)C1. The van der Waals surface area contributed by atoms with E-state index >= 15 is 0 Å². The van der Waals surface area contributed by atoms with E-state index < -0.39 is 5.60 Å². The van der Waals surface area contributed by atoms with Gasteiger partial charge in [0.25, 0.3) is 0 Å². The summed E-state index contributed by atoms with van der Waals surface area (Å²) in [5.74, 6) is 0.0224. The van der Waals surface area contributed by atoms with Gasteiger partial charge >= 0.3 is 0 Å². The molecule has 1 aliphatic heterocycles. The maximum atomic E-state index is 12.8. The Morgan fingerprint density at radius 3 is 2.70 bits per heavy atom. The summed E-state index contributed by atoms with van der Waals surface area (Å²) in [6, 6.07) is 6.08. The summed E-state index contributed by atoms with van der Waals surface area (Å²) >= 11 is 0. The number of piperidine rings is 1. The molecule has 0 bridgehead atoms. The number of hydrogen-bond donors (Lipinski definition) is 1. The molecular formula is C16H20FNO2. The number of hydrogen-bond acceptors (Lipinski definition) is 2. The number of aliphatic hydroxyl groups is 1. The molecule has 0 radical (unpaired) electrons. The van der Waals surface area contributed by atoms with Crippen LogP contribution in [0.2, 0.25) is 0 Å². The highest BCUT2D eigenvalue weighted by molar-refractivity contribution is 5.78. The molecule has 1 aliphatic carbocycles. The number of carbonyl (C=O) groups excluding carboxylic acids is 1. The topological polar surface area (TPSA) is 40.5 Å². The number of amides is 1. The molecule has 1 heterocycles. The highest BCUT2D eigenvalue weighted by Crippen LogP contribution is 2.45. The van der Waals surface area contributed by atoms with Crippen LogP contribution < -0.4 is 0 Å². The average molecular weight is 277 g/mol. The van der Waals surface area contributed by atoms with Crippen LogP contribution in [0.5, 0.6) is 0 Å². The van der Waals surface area contributed by atoms with E-state index in [2.05, 4.69) is 0 Å². The van der Waals surface area contributed by atoms with Gasteiger partial charge in [-0.1, -0.05) is 12.1 Å². The van der Waals surface area contributed by atoms with E-state index in [4.69, 9.17) is 0 Å². The van der Waals surface area contributed by atoms with Gasteiger partial charge in [-0.2, -0.15) is 0 Å². The van der Waals surface area contributed by atoms with Crippen molar-refractivity contribution in [2.75, 3.05) is 13.1 Å². The third-order valence-corrected chi connectivity index (χ3v) is 4.56. The summed E-state index contributed by atoms with van der Waals surface area (Å²) in [5, 5.41) is 10.2. The zero-order valence-corrected chi connectivity index (χ0v) is 11.5. The Hall–Kier alpha value is -1.42. The third-order valence-electron chi connectivity index (χ3n) is 4.56. The molecule has 20 heavy (non-hydrogen) atoms. The first-order valence-corrected chi connectivity index (χ1v) is 7.31. The van der Waals surface area contributed by atoms with Crippen LogP contribution in [0.15, 0.2) is 24.3 Å². The zero-order valence-electron chi connectivity index (χ0n) is 11.5. The smallest absolute Gasteiger partial charge is 0.227 e. The Bertz CT molecular complexity index is 496. The molecule has 0 aromatic heterocycles. The number of carbonyl (C=O) groups is 1. The lowest BCUT2D eigenvalue weighted by molar-refractivity contribution is -0.133. The van der Waals surface area contributed by atoms with Crippen molar-refractivity contribution in [2.45, 2.75) is 37.7 Å². The normalized spacial score (nSPS) is 24.5. The lowest BCUT2D eigenvalue weighted by Gasteiger charge is -2.35. The Balaban J connectivity index is 1.60.